The van der Waals surface area contributed by atoms with Crippen molar-refractivity contribution < 1.29 is 9.59 Å². The Kier molecular flexibility index (Phi) is 4.69. The molecular formula is C19H25N3O2. The molecule has 24 heavy (non-hydrogen) atoms. The van der Waals surface area contributed by atoms with E-state index in [0.717, 1.165) is 36.2 Å². The van der Waals surface area contributed by atoms with E-state index in [1.807, 2.05) is 36.9 Å². The second-order valence-electron chi connectivity index (χ2n) is 6.89. The average Bonchev–Trinajstić information content (AvgIpc) is 2.57. The van der Waals surface area contributed by atoms with Crippen molar-refractivity contribution in [2.24, 2.45) is 5.10 Å². The number of amides is 2. The molecule has 0 radical (unpaired) electrons. The maximum atomic E-state index is 12.9. The zero-order valence-electron chi connectivity index (χ0n) is 14.7. The summed E-state index contributed by atoms with van der Waals surface area (Å²) in [6, 6.07) is 6.20. The van der Waals surface area contributed by atoms with Gasteiger partial charge < -0.3 is 4.90 Å². The van der Waals surface area contributed by atoms with Gasteiger partial charge in [0.25, 0.3) is 5.91 Å². The molecule has 0 N–H and O–H groups in total. The summed E-state index contributed by atoms with van der Waals surface area (Å²) in [5.74, 6) is -0.0584. The van der Waals surface area contributed by atoms with Crippen LogP contribution in [-0.2, 0) is 9.59 Å². The molecule has 2 amide bonds. The minimum Gasteiger partial charge on any atom is -0.335 e. The van der Waals surface area contributed by atoms with Gasteiger partial charge >= 0.3 is 0 Å². The average molecular weight is 327 g/mol. The first-order valence-corrected chi connectivity index (χ1v) is 8.76. The fraction of sp³-hybridized carbons (Fsp3) is 0.526. The number of aryl methyl sites for hydroxylation is 2. The SMILES string of the molecule is Cc1ccc(C)c(N2N=C(C(=O)N3CCCCC3C)CCC2=O)c1. The van der Waals surface area contributed by atoms with E-state index < -0.39 is 0 Å². The Morgan fingerprint density at radius 2 is 2.00 bits per heavy atom. The molecular weight excluding hydrogens is 302 g/mol. The summed E-state index contributed by atoms with van der Waals surface area (Å²) < 4.78 is 0. The smallest absolute Gasteiger partial charge is 0.270 e. The third-order valence-corrected chi connectivity index (χ3v) is 4.94. The summed E-state index contributed by atoms with van der Waals surface area (Å²) >= 11 is 0. The van der Waals surface area contributed by atoms with Crippen LogP contribution in [0.25, 0.3) is 0 Å². The van der Waals surface area contributed by atoms with Gasteiger partial charge in [-0.15, -0.1) is 0 Å². The molecule has 1 atom stereocenters. The van der Waals surface area contributed by atoms with Crippen LogP contribution in [0.2, 0.25) is 0 Å². The summed E-state index contributed by atoms with van der Waals surface area (Å²) in [6.45, 7) is 6.83. The van der Waals surface area contributed by atoms with Crippen LogP contribution in [0, 0.1) is 13.8 Å². The van der Waals surface area contributed by atoms with E-state index in [2.05, 4.69) is 12.0 Å². The highest BCUT2D eigenvalue weighted by Crippen LogP contribution is 2.26. The van der Waals surface area contributed by atoms with Crippen LogP contribution in [0.15, 0.2) is 23.3 Å². The van der Waals surface area contributed by atoms with E-state index in [1.54, 1.807) is 0 Å². The number of hydrogen-bond acceptors (Lipinski definition) is 3. The quantitative estimate of drug-likeness (QED) is 0.837. The Balaban J connectivity index is 1.90. The van der Waals surface area contributed by atoms with E-state index in [1.165, 1.54) is 11.4 Å². The summed E-state index contributed by atoms with van der Waals surface area (Å²) in [7, 11) is 0. The van der Waals surface area contributed by atoms with Crippen LogP contribution >= 0.6 is 0 Å². The van der Waals surface area contributed by atoms with Crippen molar-refractivity contribution in [1.29, 1.82) is 0 Å². The van der Waals surface area contributed by atoms with Crippen LogP contribution in [0.4, 0.5) is 5.69 Å². The van der Waals surface area contributed by atoms with Gasteiger partial charge in [-0.25, -0.2) is 5.01 Å². The van der Waals surface area contributed by atoms with Crippen LogP contribution < -0.4 is 5.01 Å². The van der Waals surface area contributed by atoms with Gasteiger partial charge in [-0.05, 0) is 57.2 Å². The van der Waals surface area contributed by atoms with Gasteiger partial charge in [0.1, 0.15) is 5.71 Å². The van der Waals surface area contributed by atoms with Gasteiger partial charge in [0.15, 0.2) is 0 Å². The lowest BCUT2D eigenvalue weighted by atomic mass is 10.0. The second-order valence-corrected chi connectivity index (χ2v) is 6.89. The van der Waals surface area contributed by atoms with Gasteiger partial charge in [0.2, 0.25) is 5.91 Å². The van der Waals surface area contributed by atoms with Crippen molar-refractivity contribution in [3.8, 4) is 0 Å². The zero-order valence-corrected chi connectivity index (χ0v) is 14.7. The number of hydrogen-bond donors (Lipinski definition) is 0. The highest BCUT2D eigenvalue weighted by molar-refractivity contribution is 6.40. The molecule has 1 aromatic carbocycles. The number of likely N-dealkylation sites (tertiary alicyclic amines) is 1. The lowest BCUT2D eigenvalue weighted by Gasteiger charge is -2.34. The summed E-state index contributed by atoms with van der Waals surface area (Å²) in [5, 5.41) is 5.88. The Labute approximate surface area is 143 Å². The Bertz CT molecular complexity index is 696. The number of nitrogens with zero attached hydrogens (tertiary/aromatic N) is 3. The van der Waals surface area contributed by atoms with Crippen molar-refractivity contribution >= 4 is 23.2 Å². The first kappa shape index (κ1) is 16.7. The molecule has 1 saturated heterocycles. The topological polar surface area (TPSA) is 53.0 Å². The fourth-order valence-electron chi connectivity index (χ4n) is 3.41. The van der Waals surface area contributed by atoms with Gasteiger partial charge in [-0.3, -0.25) is 9.59 Å². The Hall–Kier alpha value is -2.17. The van der Waals surface area contributed by atoms with Crippen LogP contribution in [0.5, 0.6) is 0 Å². The summed E-state index contributed by atoms with van der Waals surface area (Å²) in [4.78, 5) is 27.1. The first-order valence-electron chi connectivity index (χ1n) is 8.76. The first-order chi connectivity index (χ1) is 11.5. The number of rotatable bonds is 2. The Morgan fingerprint density at radius 3 is 2.75 bits per heavy atom. The van der Waals surface area contributed by atoms with Crippen LogP contribution in [0.1, 0.15) is 50.2 Å². The maximum Gasteiger partial charge on any atom is 0.270 e. The number of piperidine rings is 1. The van der Waals surface area contributed by atoms with E-state index in [-0.39, 0.29) is 17.9 Å². The minimum atomic E-state index is -0.0491. The minimum absolute atomic E-state index is 0.00925. The summed E-state index contributed by atoms with van der Waals surface area (Å²) in [6.07, 6.45) is 4.02. The third kappa shape index (κ3) is 3.21. The number of anilines is 1. The second kappa shape index (κ2) is 6.75. The van der Waals surface area contributed by atoms with Crippen LogP contribution in [0.3, 0.4) is 0 Å². The van der Waals surface area contributed by atoms with E-state index in [0.29, 0.717) is 18.6 Å². The predicted molar refractivity (Wildman–Crippen MR) is 95.1 cm³/mol. The molecule has 1 aromatic rings. The molecule has 5 nitrogen and oxygen atoms in total. The molecule has 0 aliphatic carbocycles. The standard InChI is InChI=1S/C19H25N3O2/c1-13-7-8-14(2)17(12-13)22-18(23)10-9-16(20-22)19(24)21-11-5-4-6-15(21)3/h7-8,12,15H,4-6,9-11H2,1-3H3. The van der Waals surface area contributed by atoms with E-state index in [9.17, 15) is 9.59 Å². The lowest BCUT2D eigenvalue weighted by Crippen LogP contribution is -2.47. The molecule has 2 aliphatic rings. The molecule has 1 unspecified atom stereocenters. The van der Waals surface area contributed by atoms with Crippen molar-refractivity contribution in [1.82, 2.24) is 4.90 Å². The monoisotopic (exact) mass is 327 g/mol. The van der Waals surface area contributed by atoms with Gasteiger partial charge in [-0.2, -0.15) is 5.10 Å². The third-order valence-electron chi connectivity index (χ3n) is 4.94. The molecule has 0 saturated carbocycles. The number of benzene rings is 1. The number of carbonyl (C=O) groups is 2. The largest absolute Gasteiger partial charge is 0.335 e. The molecule has 5 heteroatoms. The molecule has 0 bridgehead atoms. The highest BCUT2D eigenvalue weighted by Gasteiger charge is 2.31. The molecule has 0 aromatic heterocycles. The van der Waals surface area contributed by atoms with Gasteiger partial charge in [-0.1, -0.05) is 12.1 Å². The van der Waals surface area contributed by atoms with Crippen molar-refractivity contribution in [3.63, 3.8) is 0 Å². The molecule has 128 valence electrons. The normalized spacial score (nSPS) is 21.7. The maximum absolute atomic E-state index is 12.9. The predicted octanol–water partition coefficient (Wildman–Crippen LogP) is 3.19. The number of hydrazone groups is 1. The zero-order chi connectivity index (χ0) is 17.3. The van der Waals surface area contributed by atoms with Gasteiger partial charge in [0.05, 0.1) is 5.69 Å². The fourth-order valence-corrected chi connectivity index (χ4v) is 3.41. The molecule has 1 fully saturated rings. The van der Waals surface area contributed by atoms with Gasteiger partial charge in [0, 0.05) is 25.4 Å². The lowest BCUT2D eigenvalue weighted by molar-refractivity contribution is -0.127. The summed E-state index contributed by atoms with van der Waals surface area (Å²) in [5.41, 5.74) is 3.33. The van der Waals surface area contributed by atoms with Crippen LogP contribution in [-0.4, -0.2) is 35.0 Å². The Morgan fingerprint density at radius 1 is 1.21 bits per heavy atom. The molecule has 0 spiro atoms. The van der Waals surface area contributed by atoms with Crippen molar-refractivity contribution in [2.75, 3.05) is 11.6 Å². The number of carbonyl (C=O) groups excluding carboxylic acids is 2. The molecule has 2 heterocycles. The molecule has 3 rings (SSSR count). The van der Waals surface area contributed by atoms with Crippen molar-refractivity contribution in [3.05, 3.63) is 29.3 Å². The van der Waals surface area contributed by atoms with E-state index >= 15 is 0 Å². The van der Waals surface area contributed by atoms with Crippen molar-refractivity contribution in [2.45, 2.75) is 58.9 Å². The molecule has 2 aliphatic heterocycles. The van der Waals surface area contributed by atoms with E-state index in [4.69, 9.17) is 0 Å². The highest BCUT2D eigenvalue weighted by atomic mass is 16.2.